The van der Waals surface area contributed by atoms with Gasteiger partial charge in [0.25, 0.3) is 5.91 Å². The number of aromatic amines is 1. The fourth-order valence-electron chi connectivity index (χ4n) is 5.02. The Kier molecular flexibility index (Phi) is 5.31. The van der Waals surface area contributed by atoms with Crippen LogP contribution in [0.4, 0.5) is 11.6 Å². The molecule has 184 valence electrons. The summed E-state index contributed by atoms with van der Waals surface area (Å²) < 4.78 is 0. The maximum absolute atomic E-state index is 12.3. The normalized spacial score (nSPS) is 16.6. The largest absolute Gasteiger partial charge is 0.396 e. The predicted molar refractivity (Wildman–Crippen MR) is 141 cm³/mol. The number of nitrogen functional groups attached to an aromatic ring is 1. The van der Waals surface area contributed by atoms with E-state index in [2.05, 4.69) is 30.5 Å². The molecule has 37 heavy (non-hydrogen) atoms. The summed E-state index contributed by atoms with van der Waals surface area (Å²) in [6, 6.07) is 14.9. The number of amides is 1. The van der Waals surface area contributed by atoms with Crippen LogP contribution in [0.15, 0.2) is 60.9 Å². The molecule has 1 amide bonds. The number of fused-ring (bicyclic) bond motifs is 2. The Labute approximate surface area is 211 Å². The average Bonchev–Trinajstić information content (AvgIpc) is 3.49. The van der Waals surface area contributed by atoms with Gasteiger partial charge in [0.05, 0.1) is 40.9 Å². The molecule has 2 atom stereocenters. The molecule has 7 N–H and O–H groups in total. The highest BCUT2D eigenvalue weighted by molar-refractivity contribution is 6.05. The van der Waals surface area contributed by atoms with Gasteiger partial charge in [-0.1, -0.05) is 30.3 Å². The summed E-state index contributed by atoms with van der Waals surface area (Å²) in [5.41, 5.74) is 18.4. The minimum Gasteiger partial charge on any atom is -0.396 e. The van der Waals surface area contributed by atoms with E-state index >= 15 is 0 Å². The van der Waals surface area contributed by atoms with E-state index in [4.69, 9.17) is 11.5 Å². The summed E-state index contributed by atoms with van der Waals surface area (Å²) in [6.45, 7) is 1.96. The molecule has 6 rings (SSSR count). The van der Waals surface area contributed by atoms with Crippen LogP contribution in [0.3, 0.4) is 0 Å². The first-order chi connectivity index (χ1) is 17.9. The molecular formula is C27H24N8O2. The van der Waals surface area contributed by atoms with Gasteiger partial charge in [-0.25, -0.2) is 15.0 Å². The molecule has 0 radical (unpaired) electrons. The molecule has 0 unspecified atom stereocenters. The minimum absolute atomic E-state index is 0.0411. The van der Waals surface area contributed by atoms with Gasteiger partial charge in [-0.3, -0.25) is 9.89 Å². The molecule has 2 aromatic carbocycles. The highest BCUT2D eigenvalue weighted by atomic mass is 16.3. The third kappa shape index (κ3) is 3.83. The van der Waals surface area contributed by atoms with Crippen molar-refractivity contribution in [2.24, 2.45) is 5.73 Å². The fourth-order valence-corrected chi connectivity index (χ4v) is 5.02. The number of hydrogen-bond acceptors (Lipinski definition) is 8. The second-order valence-electron chi connectivity index (χ2n) is 9.13. The lowest BCUT2D eigenvalue weighted by molar-refractivity contribution is 0.0996. The number of carbonyl (C=O) groups excluding carboxylic acids is 1. The van der Waals surface area contributed by atoms with Crippen LogP contribution in [0, 0.1) is 6.92 Å². The number of nitrogens with two attached hydrogens (primary N) is 2. The number of nitrogens with one attached hydrogen (secondary N) is 2. The zero-order valence-corrected chi connectivity index (χ0v) is 19.9. The number of carbonyl (C=O) groups is 1. The highest BCUT2D eigenvalue weighted by Crippen LogP contribution is 2.38. The Morgan fingerprint density at radius 1 is 1.14 bits per heavy atom. The molecule has 0 fully saturated rings. The first-order valence-corrected chi connectivity index (χ1v) is 11.8. The first kappa shape index (κ1) is 22.6. The molecule has 3 heterocycles. The molecule has 0 saturated carbocycles. The molecule has 3 aromatic heterocycles. The zero-order valence-electron chi connectivity index (χ0n) is 19.9. The summed E-state index contributed by atoms with van der Waals surface area (Å²) in [5.74, 6) is -0.414. The van der Waals surface area contributed by atoms with Gasteiger partial charge in [0.15, 0.2) is 5.69 Å². The molecule has 10 heteroatoms. The molecular weight excluding hydrogens is 468 g/mol. The van der Waals surface area contributed by atoms with E-state index < -0.39 is 12.0 Å². The predicted octanol–water partition coefficient (Wildman–Crippen LogP) is 3.14. The summed E-state index contributed by atoms with van der Waals surface area (Å²) in [5, 5.41) is 21.9. The minimum atomic E-state index is -0.740. The Hall–Kier alpha value is -4.83. The number of primary amides is 1. The molecule has 1 aliphatic rings. The maximum atomic E-state index is 12.3. The molecule has 0 spiro atoms. The monoisotopic (exact) mass is 492 g/mol. The summed E-state index contributed by atoms with van der Waals surface area (Å²) >= 11 is 0. The first-order valence-electron chi connectivity index (χ1n) is 11.8. The maximum Gasteiger partial charge on any atom is 0.269 e. The van der Waals surface area contributed by atoms with Gasteiger partial charge in [0.1, 0.15) is 0 Å². The van der Waals surface area contributed by atoms with Crippen molar-refractivity contribution in [3.05, 3.63) is 83.3 Å². The number of aryl methyl sites for hydroxylation is 1. The number of nitrogens with zero attached hydrogens (tertiary/aromatic N) is 4. The number of H-pyrrole nitrogens is 1. The summed E-state index contributed by atoms with van der Waals surface area (Å²) in [7, 11) is 0. The quantitative estimate of drug-likeness (QED) is 0.249. The van der Waals surface area contributed by atoms with Crippen molar-refractivity contribution >= 4 is 28.4 Å². The van der Waals surface area contributed by atoms with Gasteiger partial charge >= 0.3 is 0 Å². The summed E-state index contributed by atoms with van der Waals surface area (Å²) in [6.07, 6.45) is 3.27. The molecule has 5 aromatic rings. The summed E-state index contributed by atoms with van der Waals surface area (Å²) in [4.78, 5) is 25.8. The van der Waals surface area contributed by atoms with Crippen molar-refractivity contribution in [3.8, 4) is 22.5 Å². The number of benzene rings is 2. The average molecular weight is 493 g/mol. The van der Waals surface area contributed by atoms with Crippen molar-refractivity contribution in [2.45, 2.75) is 25.5 Å². The zero-order chi connectivity index (χ0) is 25.7. The standard InChI is InChI=1S/C27H24N8O2/c1-13-6-7-18-17(12-31-35-18)22(13)16-11-20(32-25(23(16)28)26(29)37)19-8-9-30-27(33-19)34-24-15-5-3-2-4-14(15)10-21(24)36/h2-9,11-12,21,24,36H,10,28H2,1H3,(H2,29,37)(H,31,35)(H,30,33,34)/t21-,24+/m0/s1. The highest BCUT2D eigenvalue weighted by Gasteiger charge is 2.31. The van der Waals surface area contributed by atoms with Gasteiger partial charge in [-0.2, -0.15) is 5.10 Å². The Morgan fingerprint density at radius 2 is 1.97 bits per heavy atom. The van der Waals surface area contributed by atoms with Gasteiger partial charge in [-0.05, 0) is 47.4 Å². The lowest BCUT2D eigenvalue weighted by atomic mass is 9.94. The van der Waals surface area contributed by atoms with Crippen LogP contribution < -0.4 is 16.8 Å². The number of hydrogen-bond donors (Lipinski definition) is 5. The lowest BCUT2D eigenvalue weighted by Crippen LogP contribution is -2.22. The smallest absolute Gasteiger partial charge is 0.269 e. The van der Waals surface area contributed by atoms with Crippen molar-refractivity contribution in [2.75, 3.05) is 11.1 Å². The van der Waals surface area contributed by atoms with Gasteiger partial charge in [0.2, 0.25) is 5.95 Å². The van der Waals surface area contributed by atoms with Crippen LogP contribution in [0.2, 0.25) is 0 Å². The molecule has 0 bridgehead atoms. The van der Waals surface area contributed by atoms with Gasteiger partial charge in [-0.15, -0.1) is 0 Å². The molecule has 10 nitrogen and oxygen atoms in total. The Balaban J connectivity index is 1.45. The number of rotatable bonds is 5. The Bertz CT molecular complexity index is 1680. The molecule has 0 saturated heterocycles. The second kappa shape index (κ2) is 8.68. The van der Waals surface area contributed by atoms with E-state index in [1.165, 1.54) is 0 Å². The van der Waals surface area contributed by atoms with Crippen LogP contribution in [-0.4, -0.2) is 42.3 Å². The van der Waals surface area contributed by atoms with E-state index in [0.29, 0.717) is 29.3 Å². The molecule has 1 aliphatic carbocycles. The van der Waals surface area contributed by atoms with Crippen LogP contribution >= 0.6 is 0 Å². The van der Waals surface area contributed by atoms with Gasteiger partial charge in [0, 0.05) is 23.6 Å². The third-order valence-corrected chi connectivity index (χ3v) is 6.80. The van der Waals surface area contributed by atoms with Crippen molar-refractivity contribution < 1.29 is 9.90 Å². The van der Waals surface area contributed by atoms with E-state index in [9.17, 15) is 9.90 Å². The van der Waals surface area contributed by atoms with Crippen molar-refractivity contribution in [1.29, 1.82) is 0 Å². The third-order valence-electron chi connectivity index (χ3n) is 6.80. The number of aliphatic hydroxyl groups is 1. The van der Waals surface area contributed by atoms with E-state index in [0.717, 1.165) is 33.2 Å². The van der Waals surface area contributed by atoms with Crippen LogP contribution in [-0.2, 0) is 6.42 Å². The number of pyridine rings is 1. The van der Waals surface area contributed by atoms with Gasteiger partial charge < -0.3 is 21.9 Å². The van der Waals surface area contributed by atoms with Crippen LogP contribution in [0.25, 0.3) is 33.4 Å². The van der Waals surface area contributed by atoms with Crippen molar-refractivity contribution in [3.63, 3.8) is 0 Å². The second-order valence-corrected chi connectivity index (χ2v) is 9.13. The van der Waals surface area contributed by atoms with Crippen molar-refractivity contribution in [1.82, 2.24) is 25.1 Å². The SMILES string of the molecule is Cc1ccc2[nH]ncc2c1-c1cc(-c2ccnc(N[C@@H]3c4ccccc4C[C@@H]3O)n2)nc(C(N)=O)c1N. The topological polar surface area (TPSA) is 169 Å². The lowest BCUT2D eigenvalue weighted by Gasteiger charge is -2.18. The van der Waals surface area contributed by atoms with Crippen LogP contribution in [0.1, 0.15) is 33.2 Å². The van der Waals surface area contributed by atoms with Crippen LogP contribution in [0.5, 0.6) is 0 Å². The number of anilines is 2. The molecule has 0 aliphatic heterocycles. The van der Waals surface area contributed by atoms with E-state index in [1.54, 1.807) is 24.5 Å². The van der Waals surface area contributed by atoms with E-state index in [-0.39, 0.29) is 17.4 Å². The Morgan fingerprint density at radius 3 is 2.81 bits per heavy atom. The number of aromatic nitrogens is 5. The number of aliphatic hydroxyl groups excluding tert-OH is 1. The van der Waals surface area contributed by atoms with E-state index in [1.807, 2.05) is 43.3 Å². The fraction of sp³-hybridized carbons (Fsp3) is 0.148.